The molecule has 0 aromatic carbocycles. The molecular formula is C22H29N7O. The predicted molar refractivity (Wildman–Crippen MR) is 118 cm³/mol. The molecule has 3 aromatic heterocycles. The van der Waals surface area contributed by atoms with Crippen LogP contribution in [-0.4, -0.2) is 42.5 Å². The molecule has 158 valence electrons. The normalized spacial score (nSPS) is 15.7. The van der Waals surface area contributed by atoms with E-state index in [9.17, 15) is 0 Å². The molecule has 3 N–H and O–H groups in total. The number of pyridine rings is 1. The summed E-state index contributed by atoms with van der Waals surface area (Å²) in [7, 11) is 0. The molecule has 0 saturated carbocycles. The van der Waals surface area contributed by atoms with Crippen LogP contribution in [0, 0.1) is 6.92 Å². The number of hydrogen-bond donors (Lipinski definition) is 3. The summed E-state index contributed by atoms with van der Waals surface area (Å²) in [6, 6.07) is 4.70. The first-order valence-electron chi connectivity index (χ1n) is 10.6. The lowest BCUT2D eigenvalue weighted by molar-refractivity contribution is 0.279. The second-order valence-corrected chi connectivity index (χ2v) is 8.09. The van der Waals surface area contributed by atoms with Gasteiger partial charge in [-0.3, -0.25) is 4.68 Å². The number of nitrogens with zero attached hydrogens (tertiary/aromatic N) is 5. The zero-order valence-electron chi connectivity index (χ0n) is 17.8. The largest absolute Gasteiger partial charge is 0.396 e. The van der Waals surface area contributed by atoms with Crippen molar-refractivity contribution in [2.24, 2.45) is 0 Å². The van der Waals surface area contributed by atoms with E-state index in [-0.39, 0.29) is 6.61 Å². The minimum absolute atomic E-state index is 0.239. The van der Waals surface area contributed by atoms with Crippen molar-refractivity contribution >= 4 is 17.5 Å². The highest BCUT2D eigenvalue weighted by Gasteiger charge is 2.19. The van der Waals surface area contributed by atoms with Gasteiger partial charge in [0.25, 0.3) is 0 Å². The van der Waals surface area contributed by atoms with Crippen LogP contribution in [0.1, 0.15) is 50.4 Å². The predicted octanol–water partition coefficient (Wildman–Crippen LogP) is 3.87. The second kappa shape index (κ2) is 8.79. The fourth-order valence-electron chi connectivity index (χ4n) is 3.70. The topological polar surface area (TPSA) is 101 Å². The molecule has 1 atom stereocenters. The van der Waals surface area contributed by atoms with Gasteiger partial charge in [-0.1, -0.05) is 0 Å². The van der Waals surface area contributed by atoms with Crippen molar-refractivity contribution < 1.29 is 5.11 Å². The molecular weight excluding hydrogens is 378 g/mol. The number of aliphatic hydroxyl groups is 1. The number of hydrogen-bond acceptors (Lipinski definition) is 7. The Labute approximate surface area is 176 Å². The summed E-state index contributed by atoms with van der Waals surface area (Å²) >= 11 is 0. The van der Waals surface area contributed by atoms with Crippen LogP contribution in [0.3, 0.4) is 0 Å². The third kappa shape index (κ3) is 4.43. The summed E-state index contributed by atoms with van der Waals surface area (Å²) in [6.07, 6.45) is 9.42. The quantitative estimate of drug-likeness (QED) is 0.546. The summed E-state index contributed by atoms with van der Waals surface area (Å²) in [6.45, 7) is 6.44. The number of aryl methyl sites for hydroxylation is 2. The summed E-state index contributed by atoms with van der Waals surface area (Å²) in [4.78, 5) is 13.9. The van der Waals surface area contributed by atoms with Gasteiger partial charge in [0.15, 0.2) is 0 Å². The summed E-state index contributed by atoms with van der Waals surface area (Å²) in [5.74, 6) is 1.25. The smallest absolute Gasteiger partial charge is 0.228 e. The molecule has 4 rings (SSSR count). The van der Waals surface area contributed by atoms with Crippen molar-refractivity contribution in [3.8, 4) is 11.3 Å². The minimum Gasteiger partial charge on any atom is -0.396 e. The van der Waals surface area contributed by atoms with Crippen molar-refractivity contribution in [1.82, 2.24) is 24.7 Å². The van der Waals surface area contributed by atoms with Crippen LogP contribution in [0.2, 0.25) is 0 Å². The van der Waals surface area contributed by atoms with Crippen molar-refractivity contribution in [1.29, 1.82) is 0 Å². The first kappa shape index (κ1) is 20.3. The molecule has 0 radical (unpaired) electrons. The number of fused-ring (bicyclic) bond motifs is 1. The molecule has 0 amide bonds. The van der Waals surface area contributed by atoms with Crippen LogP contribution in [0.25, 0.3) is 11.3 Å². The van der Waals surface area contributed by atoms with Gasteiger partial charge in [-0.05, 0) is 64.2 Å². The highest BCUT2D eigenvalue weighted by atomic mass is 16.2. The van der Waals surface area contributed by atoms with Gasteiger partial charge >= 0.3 is 0 Å². The average molecular weight is 408 g/mol. The SMILES string of the molecule is Cc1cnc(Nc2ccc3c(n2)CCC(CCCO)N3)nc1-c1cnn(C(C)C)c1. The highest BCUT2D eigenvalue weighted by Crippen LogP contribution is 2.28. The van der Waals surface area contributed by atoms with E-state index in [1.165, 1.54) is 0 Å². The second-order valence-electron chi connectivity index (χ2n) is 8.09. The Morgan fingerprint density at radius 3 is 2.90 bits per heavy atom. The van der Waals surface area contributed by atoms with Crippen LogP contribution in [0.4, 0.5) is 17.5 Å². The Morgan fingerprint density at radius 2 is 2.13 bits per heavy atom. The zero-order chi connectivity index (χ0) is 21.1. The van der Waals surface area contributed by atoms with Crippen molar-refractivity contribution in [3.05, 3.63) is 42.0 Å². The third-order valence-electron chi connectivity index (χ3n) is 5.39. The van der Waals surface area contributed by atoms with E-state index in [1.807, 2.05) is 36.3 Å². The molecule has 1 aliphatic heterocycles. The van der Waals surface area contributed by atoms with Crippen molar-refractivity contribution in [2.75, 3.05) is 17.2 Å². The lowest BCUT2D eigenvalue weighted by Crippen LogP contribution is -2.26. The van der Waals surface area contributed by atoms with Crippen LogP contribution < -0.4 is 10.6 Å². The molecule has 0 bridgehead atoms. The Balaban J connectivity index is 1.51. The van der Waals surface area contributed by atoms with Crippen LogP contribution in [-0.2, 0) is 6.42 Å². The molecule has 0 saturated heterocycles. The van der Waals surface area contributed by atoms with E-state index in [0.29, 0.717) is 18.0 Å². The number of anilines is 3. The Bertz CT molecular complexity index is 1010. The maximum absolute atomic E-state index is 9.04. The molecule has 30 heavy (non-hydrogen) atoms. The van der Waals surface area contributed by atoms with E-state index in [0.717, 1.165) is 59.7 Å². The van der Waals surface area contributed by atoms with E-state index in [1.54, 1.807) is 0 Å². The molecule has 0 aliphatic carbocycles. The van der Waals surface area contributed by atoms with E-state index < -0.39 is 0 Å². The molecule has 1 unspecified atom stereocenters. The van der Waals surface area contributed by atoms with Gasteiger partial charge in [0.2, 0.25) is 5.95 Å². The van der Waals surface area contributed by atoms with Gasteiger partial charge in [-0.15, -0.1) is 0 Å². The number of rotatable bonds is 7. The maximum atomic E-state index is 9.04. The fourth-order valence-corrected chi connectivity index (χ4v) is 3.70. The van der Waals surface area contributed by atoms with Crippen LogP contribution >= 0.6 is 0 Å². The average Bonchev–Trinajstić information content (AvgIpc) is 3.24. The van der Waals surface area contributed by atoms with Crippen LogP contribution in [0.15, 0.2) is 30.7 Å². The molecule has 8 nitrogen and oxygen atoms in total. The summed E-state index contributed by atoms with van der Waals surface area (Å²) in [5, 5.41) is 20.2. The fraction of sp³-hybridized carbons (Fsp3) is 0.455. The first-order chi connectivity index (χ1) is 14.5. The highest BCUT2D eigenvalue weighted by molar-refractivity contribution is 5.64. The van der Waals surface area contributed by atoms with Gasteiger partial charge in [-0.2, -0.15) is 5.10 Å². The minimum atomic E-state index is 0.239. The molecule has 0 fully saturated rings. The third-order valence-corrected chi connectivity index (χ3v) is 5.39. The zero-order valence-corrected chi connectivity index (χ0v) is 17.8. The van der Waals surface area contributed by atoms with Gasteiger partial charge in [-0.25, -0.2) is 15.0 Å². The number of nitrogens with one attached hydrogen (secondary N) is 2. The summed E-state index contributed by atoms with van der Waals surface area (Å²) in [5.41, 5.74) is 4.96. The van der Waals surface area contributed by atoms with Crippen molar-refractivity contribution in [2.45, 2.75) is 58.5 Å². The molecule has 8 heteroatoms. The molecule has 3 aromatic rings. The van der Waals surface area contributed by atoms with Crippen molar-refractivity contribution in [3.63, 3.8) is 0 Å². The Morgan fingerprint density at radius 1 is 1.27 bits per heavy atom. The van der Waals surface area contributed by atoms with E-state index in [2.05, 4.69) is 40.6 Å². The summed E-state index contributed by atoms with van der Waals surface area (Å²) < 4.78 is 1.93. The van der Waals surface area contributed by atoms with E-state index >= 15 is 0 Å². The van der Waals surface area contributed by atoms with Crippen LogP contribution in [0.5, 0.6) is 0 Å². The standard InChI is InChI=1S/C22H29N7O/c1-14(2)29-13-16(12-24-29)21-15(3)11-23-22(28-21)27-20-9-8-18-19(26-20)7-6-17(25-18)5-4-10-30/h8-9,11-14,17,25,30H,4-7,10H2,1-3H3,(H,23,26,27,28). The monoisotopic (exact) mass is 407 g/mol. The van der Waals surface area contributed by atoms with Gasteiger partial charge in [0.05, 0.1) is 23.3 Å². The Hall–Kier alpha value is -3.00. The lowest BCUT2D eigenvalue weighted by Gasteiger charge is -2.26. The van der Waals surface area contributed by atoms with Gasteiger partial charge < -0.3 is 15.7 Å². The molecule has 0 spiro atoms. The number of aromatic nitrogens is 5. The Kier molecular flexibility index (Phi) is 5.94. The maximum Gasteiger partial charge on any atom is 0.228 e. The van der Waals surface area contributed by atoms with E-state index in [4.69, 9.17) is 15.1 Å². The lowest BCUT2D eigenvalue weighted by atomic mass is 9.99. The first-order valence-corrected chi connectivity index (χ1v) is 10.6. The molecule has 1 aliphatic rings. The van der Waals surface area contributed by atoms with Gasteiger partial charge in [0, 0.05) is 36.6 Å². The van der Waals surface area contributed by atoms with Gasteiger partial charge in [0.1, 0.15) is 5.82 Å². The molecule has 4 heterocycles. The number of aliphatic hydroxyl groups excluding tert-OH is 1.